The molecule has 0 heterocycles. The van der Waals surface area contributed by atoms with Crippen LogP contribution >= 0.6 is 11.6 Å². The van der Waals surface area contributed by atoms with Crippen LogP contribution in [-0.4, -0.2) is 5.78 Å². The van der Waals surface area contributed by atoms with Gasteiger partial charge < -0.3 is 0 Å². The van der Waals surface area contributed by atoms with Gasteiger partial charge in [0, 0.05) is 6.42 Å². The lowest BCUT2D eigenvalue weighted by Crippen LogP contribution is -1.97. The Morgan fingerprint density at radius 2 is 2.08 bits per heavy atom. The molecule has 12 heavy (non-hydrogen) atoms. The van der Waals surface area contributed by atoms with Crippen molar-refractivity contribution in [1.82, 2.24) is 0 Å². The highest BCUT2D eigenvalue weighted by atomic mass is 35.5. The average molecular weight is 185 g/mol. The van der Waals surface area contributed by atoms with E-state index in [1.54, 1.807) is 6.08 Å². The van der Waals surface area contributed by atoms with Crippen LogP contribution in [0.4, 0.5) is 0 Å². The minimum atomic E-state index is 0.0724. The van der Waals surface area contributed by atoms with Gasteiger partial charge in [-0.25, -0.2) is 0 Å². The maximum atomic E-state index is 11.2. The van der Waals surface area contributed by atoms with Crippen molar-refractivity contribution >= 4 is 17.4 Å². The van der Waals surface area contributed by atoms with Crippen LogP contribution < -0.4 is 0 Å². The summed E-state index contributed by atoms with van der Waals surface area (Å²) in [5.41, 5.74) is 0. The topological polar surface area (TPSA) is 17.1 Å². The van der Waals surface area contributed by atoms with Crippen molar-refractivity contribution in [2.75, 3.05) is 0 Å². The second kappa shape index (κ2) is 5.15. The Kier molecular flexibility index (Phi) is 4.09. The zero-order chi connectivity index (χ0) is 8.81. The number of hydrogen-bond acceptors (Lipinski definition) is 1. The molecule has 0 fully saturated rings. The van der Waals surface area contributed by atoms with Crippen LogP contribution in [0.5, 0.6) is 0 Å². The highest BCUT2D eigenvalue weighted by Gasteiger charge is 2.05. The van der Waals surface area contributed by atoms with Gasteiger partial charge in [-0.3, -0.25) is 4.79 Å². The second-order valence-electron chi connectivity index (χ2n) is 2.97. The first-order valence-corrected chi connectivity index (χ1v) is 4.74. The molecule has 0 atom stereocenters. The van der Waals surface area contributed by atoms with Crippen molar-refractivity contribution in [1.29, 1.82) is 0 Å². The lowest BCUT2D eigenvalue weighted by Gasteiger charge is -2.00. The Morgan fingerprint density at radius 1 is 1.25 bits per heavy atom. The molecule has 0 saturated carbocycles. The maximum absolute atomic E-state index is 11.2. The number of halogens is 1. The third-order valence-electron chi connectivity index (χ3n) is 1.92. The fourth-order valence-electron chi connectivity index (χ4n) is 1.19. The zero-order valence-corrected chi connectivity index (χ0v) is 7.81. The Balaban J connectivity index is 2.61. The number of ketones is 1. The molecule has 1 aliphatic rings. The molecule has 0 aromatic carbocycles. The van der Waals surface area contributed by atoms with E-state index in [0.29, 0.717) is 11.5 Å². The third kappa shape index (κ3) is 3.22. The van der Waals surface area contributed by atoms with Crippen LogP contribution in [0.3, 0.4) is 0 Å². The van der Waals surface area contributed by atoms with Gasteiger partial charge >= 0.3 is 0 Å². The summed E-state index contributed by atoms with van der Waals surface area (Å²) < 4.78 is 0. The van der Waals surface area contributed by atoms with E-state index in [0.717, 1.165) is 19.3 Å². The second-order valence-corrected chi connectivity index (χ2v) is 3.37. The van der Waals surface area contributed by atoms with Crippen molar-refractivity contribution in [2.24, 2.45) is 0 Å². The van der Waals surface area contributed by atoms with E-state index in [4.69, 9.17) is 11.6 Å². The first kappa shape index (κ1) is 9.53. The van der Waals surface area contributed by atoms with E-state index in [1.807, 2.05) is 6.08 Å². The van der Waals surface area contributed by atoms with E-state index < -0.39 is 0 Å². The monoisotopic (exact) mass is 184 g/mol. The minimum absolute atomic E-state index is 0.0724. The van der Waals surface area contributed by atoms with Crippen molar-refractivity contribution < 1.29 is 4.79 Å². The van der Waals surface area contributed by atoms with Crippen molar-refractivity contribution in [3.8, 4) is 0 Å². The number of rotatable bonds is 0. The van der Waals surface area contributed by atoms with Crippen molar-refractivity contribution in [3.05, 3.63) is 23.3 Å². The molecule has 0 spiro atoms. The Labute approximate surface area is 78.1 Å². The lowest BCUT2D eigenvalue weighted by atomic mass is 10.1. The predicted octanol–water partition coefficient (Wildman–Crippen LogP) is 3.20. The number of allylic oxidation sites excluding steroid dienone is 4. The van der Waals surface area contributed by atoms with Crippen molar-refractivity contribution in [3.63, 3.8) is 0 Å². The fraction of sp³-hybridized carbons (Fsp3) is 0.500. The maximum Gasteiger partial charge on any atom is 0.174 e. The molecule has 0 radical (unpaired) electrons. The Hall–Kier alpha value is -0.560. The molecule has 1 rings (SSSR count). The number of carbonyl (C=O) groups is 1. The predicted molar refractivity (Wildman–Crippen MR) is 51.2 cm³/mol. The Morgan fingerprint density at radius 3 is 2.92 bits per heavy atom. The van der Waals surface area contributed by atoms with Gasteiger partial charge in [-0.15, -0.1) is 0 Å². The SMILES string of the molecule is O=C1CCCCC/C=C\C=C/1Cl. The highest BCUT2D eigenvalue weighted by molar-refractivity contribution is 6.42. The molecule has 0 amide bonds. The van der Waals surface area contributed by atoms with Gasteiger partial charge in [-0.1, -0.05) is 30.2 Å². The first-order chi connectivity index (χ1) is 5.80. The summed E-state index contributed by atoms with van der Waals surface area (Å²) in [6, 6.07) is 0. The molecule has 0 bridgehead atoms. The molecule has 2 heteroatoms. The highest BCUT2D eigenvalue weighted by Crippen LogP contribution is 2.13. The Bertz CT molecular complexity index is 216. The van der Waals surface area contributed by atoms with Gasteiger partial charge in [0.05, 0.1) is 5.03 Å². The van der Waals surface area contributed by atoms with Gasteiger partial charge in [0.25, 0.3) is 0 Å². The lowest BCUT2D eigenvalue weighted by molar-refractivity contribution is -0.115. The normalized spacial score (nSPS) is 27.4. The number of hydrogen-bond donors (Lipinski definition) is 0. The van der Waals surface area contributed by atoms with Crippen LogP contribution in [-0.2, 0) is 4.79 Å². The van der Waals surface area contributed by atoms with Crippen LogP contribution in [0.25, 0.3) is 0 Å². The van der Waals surface area contributed by atoms with Gasteiger partial charge in [-0.2, -0.15) is 0 Å². The standard InChI is InChI=1S/C10H13ClO/c11-9-7-5-3-1-2-4-6-8-10(9)12/h3,5,7H,1-2,4,6,8H2/b5-3-,9-7+. The zero-order valence-electron chi connectivity index (χ0n) is 7.05. The molecule has 1 aliphatic carbocycles. The molecular weight excluding hydrogens is 172 g/mol. The quantitative estimate of drug-likeness (QED) is 0.565. The van der Waals surface area contributed by atoms with Gasteiger partial charge in [0.15, 0.2) is 5.78 Å². The first-order valence-electron chi connectivity index (χ1n) is 4.36. The summed E-state index contributed by atoms with van der Waals surface area (Å²) in [6.07, 6.45) is 10.6. The molecule has 1 nitrogen and oxygen atoms in total. The van der Waals surface area contributed by atoms with Crippen molar-refractivity contribution in [2.45, 2.75) is 32.1 Å². The molecule has 0 aromatic rings. The molecular formula is C10H13ClO. The summed E-state index contributed by atoms with van der Waals surface area (Å²) >= 11 is 5.73. The molecule has 66 valence electrons. The number of Topliss-reactive ketones (excluding diaryl/α,β-unsaturated/α-hetero) is 1. The van der Waals surface area contributed by atoms with E-state index in [9.17, 15) is 4.79 Å². The summed E-state index contributed by atoms with van der Waals surface area (Å²) in [6.45, 7) is 0. The van der Waals surface area contributed by atoms with Crippen LogP contribution in [0.15, 0.2) is 23.3 Å². The molecule has 0 N–H and O–H groups in total. The van der Waals surface area contributed by atoms with Gasteiger partial charge in [-0.05, 0) is 25.3 Å². The molecule has 0 aromatic heterocycles. The van der Waals surface area contributed by atoms with E-state index >= 15 is 0 Å². The largest absolute Gasteiger partial charge is 0.293 e. The summed E-state index contributed by atoms with van der Waals surface area (Å²) in [4.78, 5) is 11.2. The van der Waals surface area contributed by atoms with E-state index in [2.05, 4.69) is 6.08 Å². The number of carbonyl (C=O) groups excluding carboxylic acids is 1. The molecule has 0 aliphatic heterocycles. The minimum Gasteiger partial charge on any atom is -0.293 e. The summed E-state index contributed by atoms with van der Waals surface area (Å²) in [7, 11) is 0. The average Bonchev–Trinajstić information content (AvgIpc) is 2.08. The smallest absolute Gasteiger partial charge is 0.174 e. The van der Waals surface area contributed by atoms with Crippen LogP contribution in [0.1, 0.15) is 32.1 Å². The van der Waals surface area contributed by atoms with Crippen LogP contribution in [0, 0.1) is 0 Å². The van der Waals surface area contributed by atoms with Gasteiger partial charge in [0.1, 0.15) is 0 Å². The molecule has 0 saturated heterocycles. The molecule has 0 unspecified atom stereocenters. The fourth-order valence-corrected chi connectivity index (χ4v) is 1.35. The summed E-state index contributed by atoms with van der Waals surface area (Å²) in [5.74, 6) is 0.0724. The van der Waals surface area contributed by atoms with E-state index in [-0.39, 0.29) is 5.78 Å². The third-order valence-corrected chi connectivity index (χ3v) is 2.26. The van der Waals surface area contributed by atoms with E-state index in [1.165, 1.54) is 6.42 Å². The van der Waals surface area contributed by atoms with Crippen LogP contribution in [0.2, 0.25) is 0 Å². The van der Waals surface area contributed by atoms with Gasteiger partial charge in [0.2, 0.25) is 0 Å². The summed E-state index contributed by atoms with van der Waals surface area (Å²) in [5, 5.41) is 0.369.